The normalized spacial score (nSPS) is 17.8. The summed E-state index contributed by atoms with van der Waals surface area (Å²) >= 11 is 0. The van der Waals surface area contributed by atoms with Crippen molar-refractivity contribution in [1.82, 2.24) is 14.9 Å². The molecule has 1 atom stereocenters. The minimum absolute atomic E-state index is 0.121. The second-order valence-corrected chi connectivity index (χ2v) is 5.47. The maximum Gasteiger partial charge on any atom is 0.287 e. The Morgan fingerprint density at radius 2 is 2.40 bits per heavy atom. The van der Waals surface area contributed by atoms with Gasteiger partial charge in [0.2, 0.25) is 0 Å². The van der Waals surface area contributed by atoms with Crippen LogP contribution in [0.3, 0.4) is 0 Å². The van der Waals surface area contributed by atoms with Crippen LogP contribution < -0.4 is 5.32 Å². The molecule has 106 valence electrons. The number of furan rings is 1. The SMILES string of the molecule is Cc1cc(C)c(C(=O)NC[C@H]2CCn3ccnc3C2)o1. The molecule has 0 saturated carbocycles. The largest absolute Gasteiger partial charge is 0.456 e. The van der Waals surface area contributed by atoms with Gasteiger partial charge >= 0.3 is 0 Å². The van der Waals surface area contributed by atoms with Crippen LogP contribution in [0.5, 0.6) is 0 Å². The van der Waals surface area contributed by atoms with Gasteiger partial charge < -0.3 is 14.3 Å². The van der Waals surface area contributed by atoms with Gasteiger partial charge in [0, 0.05) is 37.5 Å². The van der Waals surface area contributed by atoms with E-state index in [1.165, 1.54) is 0 Å². The highest BCUT2D eigenvalue weighted by Crippen LogP contribution is 2.19. The summed E-state index contributed by atoms with van der Waals surface area (Å²) in [6, 6.07) is 1.88. The van der Waals surface area contributed by atoms with Crippen molar-refractivity contribution in [2.45, 2.75) is 33.2 Å². The van der Waals surface area contributed by atoms with Crippen LogP contribution >= 0.6 is 0 Å². The van der Waals surface area contributed by atoms with Gasteiger partial charge in [0.1, 0.15) is 11.6 Å². The van der Waals surface area contributed by atoms with E-state index in [1.807, 2.05) is 32.3 Å². The molecule has 0 fully saturated rings. The Morgan fingerprint density at radius 1 is 1.55 bits per heavy atom. The third-order valence-electron chi connectivity index (χ3n) is 3.85. The molecule has 0 bridgehead atoms. The van der Waals surface area contributed by atoms with Crippen LogP contribution in [0.2, 0.25) is 0 Å². The first-order valence-electron chi connectivity index (χ1n) is 6.98. The fraction of sp³-hybridized carbons (Fsp3) is 0.467. The van der Waals surface area contributed by atoms with Gasteiger partial charge in [-0.2, -0.15) is 0 Å². The molecule has 3 heterocycles. The Hall–Kier alpha value is -2.04. The summed E-state index contributed by atoms with van der Waals surface area (Å²) in [4.78, 5) is 16.4. The summed E-state index contributed by atoms with van der Waals surface area (Å²) < 4.78 is 7.61. The molecule has 0 radical (unpaired) electrons. The summed E-state index contributed by atoms with van der Waals surface area (Å²) in [5, 5.41) is 2.98. The van der Waals surface area contributed by atoms with Gasteiger partial charge in [0.05, 0.1) is 0 Å². The summed E-state index contributed by atoms with van der Waals surface area (Å²) in [7, 11) is 0. The Morgan fingerprint density at radius 3 is 3.15 bits per heavy atom. The highest BCUT2D eigenvalue weighted by molar-refractivity contribution is 5.92. The third-order valence-corrected chi connectivity index (χ3v) is 3.85. The molecule has 20 heavy (non-hydrogen) atoms. The molecule has 1 N–H and O–H groups in total. The van der Waals surface area contributed by atoms with E-state index in [2.05, 4.69) is 14.9 Å². The van der Waals surface area contributed by atoms with Crippen molar-refractivity contribution in [3.63, 3.8) is 0 Å². The average molecular weight is 273 g/mol. The molecule has 1 amide bonds. The smallest absolute Gasteiger partial charge is 0.287 e. The number of hydrogen-bond acceptors (Lipinski definition) is 3. The number of fused-ring (bicyclic) bond motifs is 1. The minimum Gasteiger partial charge on any atom is -0.456 e. The highest BCUT2D eigenvalue weighted by atomic mass is 16.3. The number of imidazole rings is 1. The number of amides is 1. The van der Waals surface area contributed by atoms with Crippen molar-refractivity contribution in [3.05, 3.63) is 41.4 Å². The number of hydrogen-bond donors (Lipinski definition) is 1. The zero-order valence-corrected chi connectivity index (χ0v) is 11.8. The van der Waals surface area contributed by atoms with Gasteiger partial charge in [-0.25, -0.2) is 4.98 Å². The Balaban J connectivity index is 1.58. The maximum atomic E-state index is 12.1. The molecule has 5 nitrogen and oxygen atoms in total. The molecule has 5 heteroatoms. The van der Waals surface area contributed by atoms with Crippen molar-refractivity contribution in [2.24, 2.45) is 5.92 Å². The van der Waals surface area contributed by atoms with E-state index in [0.29, 0.717) is 18.2 Å². The van der Waals surface area contributed by atoms with E-state index in [0.717, 1.165) is 36.5 Å². The fourth-order valence-electron chi connectivity index (χ4n) is 2.77. The number of rotatable bonds is 3. The Kier molecular flexibility index (Phi) is 3.34. The number of carbonyl (C=O) groups is 1. The summed E-state index contributed by atoms with van der Waals surface area (Å²) in [6.45, 7) is 5.40. The van der Waals surface area contributed by atoms with E-state index >= 15 is 0 Å². The second-order valence-electron chi connectivity index (χ2n) is 5.47. The monoisotopic (exact) mass is 273 g/mol. The molecular formula is C15H19N3O2. The fourth-order valence-corrected chi connectivity index (χ4v) is 2.77. The predicted molar refractivity (Wildman–Crippen MR) is 74.6 cm³/mol. The van der Waals surface area contributed by atoms with E-state index in [1.54, 1.807) is 0 Å². The zero-order valence-electron chi connectivity index (χ0n) is 11.8. The lowest BCUT2D eigenvalue weighted by Gasteiger charge is -2.23. The number of carbonyl (C=O) groups excluding carboxylic acids is 1. The lowest BCUT2D eigenvalue weighted by molar-refractivity contribution is 0.0914. The van der Waals surface area contributed by atoms with Gasteiger partial charge in [-0.1, -0.05) is 0 Å². The lowest BCUT2D eigenvalue weighted by Crippen LogP contribution is -2.33. The molecule has 0 aromatic carbocycles. The van der Waals surface area contributed by atoms with Gasteiger partial charge in [-0.3, -0.25) is 4.79 Å². The van der Waals surface area contributed by atoms with Crippen LogP contribution in [0.15, 0.2) is 22.9 Å². The van der Waals surface area contributed by atoms with Crippen LogP contribution in [-0.4, -0.2) is 22.0 Å². The van der Waals surface area contributed by atoms with E-state index < -0.39 is 0 Å². The van der Waals surface area contributed by atoms with Gasteiger partial charge in [-0.15, -0.1) is 0 Å². The van der Waals surface area contributed by atoms with Crippen molar-refractivity contribution >= 4 is 5.91 Å². The molecule has 0 unspecified atom stereocenters. The van der Waals surface area contributed by atoms with Crippen LogP contribution in [0.4, 0.5) is 0 Å². The first kappa shape index (κ1) is 13.0. The molecule has 0 saturated heterocycles. The Labute approximate surface area is 118 Å². The quantitative estimate of drug-likeness (QED) is 0.931. The molecule has 2 aromatic rings. The number of aromatic nitrogens is 2. The van der Waals surface area contributed by atoms with Crippen molar-refractivity contribution in [3.8, 4) is 0 Å². The molecule has 1 aliphatic rings. The summed E-state index contributed by atoms with van der Waals surface area (Å²) in [5.74, 6) is 2.64. The third kappa shape index (κ3) is 2.48. The zero-order chi connectivity index (χ0) is 14.1. The van der Waals surface area contributed by atoms with Crippen molar-refractivity contribution in [2.75, 3.05) is 6.54 Å². The lowest BCUT2D eigenvalue weighted by atomic mass is 9.98. The van der Waals surface area contributed by atoms with Crippen LogP contribution in [0, 0.1) is 19.8 Å². The molecule has 0 spiro atoms. The van der Waals surface area contributed by atoms with Gasteiger partial charge in [0.15, 0.2) is 5.76 Å². The maximum absolute atomic E-state index is 12.1. The predicted octanol–water partition coefficient (Wildman–Crippen LogP) is 2.09. The molecule has 2 aromatic heterocycles. The van der Waals surface area contributed by atoms with Gasteiger partial charge in [0.25, 0.3) is 5.91 Å². The van der Waals surface area contributed by atoms with Gasteiger partial charge in [-0.05, 0) is 32.3 Å². The standard InChI is InChI=1S/C15H19N3O2/c1-10-7-11(2)20-14(10)15(19)17-9-12-3-5-18-6-4-16-13(18)8-12/h4,6-7,12H,3,5,8-9H2,1-2H3,(H,17,19)/t12-/m0/s1. The first-order valence-corrected chi connectivity index (χ1v) is 6.98. The highest BCUT2D eigenvalue weighted by Gasteiger charge is 2.21. The van der Waals surface area contributed by atoms with Crippen molar-refractivity contribution in [1.29, 1.82) is 0 Å². The first-order chi connectivity index (χ1) is 9.63. The van der Waals surface area contributed by atoms with Crippen LogP contribution in [0.25, 0.3) is 0 Å². The molecule has 1 aliphatic heterocycles. The Bertz CT molecular complexity index is 627. The van der Waals surface area contributed by atoms with Crippen LogP contribution in [0.1, 0.15) is 34.1 Å². The second kappa shape index (κ2) is 5.15. The van der Waals surface area contributed by atoms with E-state index in [-0.39, 0.29) is 5.91 Å². The number of aryl methyl sites for hydroxylation is 3. The average Bonchev–Trinajstić information content (AvgIpc) is 3.01. The minimum atomic E-state index is -0.121. The topological polar surface area (TPSA) is 60.1 Å². The van der Waals surface area contributed by atoms with Crippen molar-refractivity contribution < 1.29 is 9.21 Å². The van der Waals surface area contributed by atoms with Crippen LogP contribution in [-0.2, 0) is 13.0 Å². The molecular weight excluding hydrogens is 254 g/mol. The van der Waals surface area contributed by atoms with E-state index in [4.69, 9.17) is 4.42 Å². The number of nitrogens with one attached hydrogen (secondary N) is 1. The molecule has 0 aliphatic carbocycles. The summed E-state index contributed by atoms with van der Waals surface area (Å²) in [6.07, 6.45) is 5.84. The number of nitrogens with zero attached hydrogens (tertiary/aromatic N) is 2. The molecule has 3 rings (SSSR count). The van der Waals surface area contributed by atoms with E-state index in [9.17, 15) is 4.79 Å². The summed E-state index contributed by atoms with van der Waals surface area (Å²) in [5.41, 5.74) is 0.888.